The molecule has 27 nitrogen and oxygen atoms in total. The van der Waals surface area contributed by atoms with Gasteiger partial charge in [0.15, 0.2) is 13.1 Å². The quantitative estimate of drug-likeness (QED) is 0.107. The highest BCUT2D eigenvalue weighted by Gasteiger charge is 2.67. The Hall–Kier alpha value is -7.35. The number of nitrogens with one attached hydrogen (secondary N) is 1. The summed E-state index contributed by atoms with van der Waals surface area (Å²) in [5.41, 5.74) is 8.32. The summed E-state index contributed by atoms with van der Waals surface area (Å²) < 4.78 is 4.66. The van der Waals surface area contributed by atoms with Crippen LogP contribution in [-0.4, -0.2) is 125 Å². The fourth-order valence-corrected chi connectivity index (χ4v) is 5.86. The van der Waals surface area contributed by atoms with Gasteiger partial charge in [0.2, 0.25) is 0 Å². The maximum absolute atomic E-state index is 10.9. The summed E-state index contributed by atoms with van der Waals surface area (Å²) in [5, 5.41) is 84.4. The first-order valence-electron chi connectivity index (χ1n) is 17.9. The maximum Gasteiger partial charge on any atom is 0.492 e. The molecule has 6 aromatic rings. The van der Waals surface area contributed by atoms with Gasteiger partial charge in [-0.1, -0.05) is 28.2 Å². The number of nitro groups is 2. The van der Waals surface area contributed by atoms with Crippen LogP contribution >= 0.6 is 0 Å². The highest BCUT2D eigenvalue weighted by molar-refractivity contribution is 5.34. The average molecular weight is 818 g/mol. The molecule has 0 saturated carbocycles. The molecule has 6 aromatic heterocycles. The van der Waals surface area contributed by atoms with Crippen molar-refractivity contribution in [1.82, 2.24) is 90.5 Å². The fourth-order valence-electron chi connectivity index (χ4n) is 5.86. The van der Waals surface area contributed by atoms with Crippen molar-refractivity contribution in [3.05, 3.63) is 72.6 Å². The second kappa shape index (κ2) is 18.3. The third-order valence-corrected chi connectivity index (χ3v) is 9.27. The van der Waals surface area contributed by atoms with Crippen LogP contribution in [0.2, 0.25) is 0 Å². The summed E-state index contributed by atoms with van der Waals surface area (Å²) in [6, 6.07) is 5.71. The molecule has 0 unspecified atom stereocenters. The zero-order chi connectivity index (χ0) is 42.4. The first kappa shape index (κ1) is 44.4. The Morgan fingerprint density at radius 3 is 1.24 bits per heavy atom. The molecular formula is C32H47N23O4. The van der Waals surface area contributed by atoms with E-state index in [1.807, 2.05) is 59.7 Å². The number of hydrogen-bond acceptors (Lipinski definition) is 22. The molecule has 314 valence electrons. The van der Waals surface area contributed by atoms with E-state index in [0.29, 0.717) is 17.8 Å². The Balaban J connectivity index is 0.000000199. The molecule has 1 fully saturated rings. The van der Waals surface area contributed by atoms with Crippen LogP contribution in [0, 0.1) is 61.8 Å². The van der Waals surface area contributed by atoms with E-state index >= 15 is 0 Å². The first-order chi connectivity index (χ1) is 27.5. The van der Waals surface area contributed by atoms with Gasteiger partial charge in [0.1, 0.15) is 9.85 Å². The van der Waals surface area contributed by atoms with Crippen molar-refractivity contribution in [3.63, 3.8) is 0 Å². The smallest absolute Gasteiger partial charge is 0.365 e. The first-order valence-corrected chi connectivity index (χ1v) is 17.9. The molecule has 0 spiro atoms. The molecule has 1 aliphatic rings. The minimum absolute atomic E-state index is 0. The van der Waals surface area contributed by atoms with Gasteiger partial charge in [-0.05, 0) is 79.0 Å². The summed E-state index contributed by atoms with van der Waals surface area (Å²) in [7, 11) is 0. The van der Waals surface area contributed by atoms with Gasteiger partial charge in [-0.2, -0.15) is 15.3 Å². The number of aryl methyl sites for hydroxylation is 6. The molecule has 1 aliphatic heterocycles. The highest BCUT2D eigenvalue weighted by Crippen LogP contribution is 2.28. The van der Waals surface area contributed by atoms with E-state index in [1.165, 1.54) is 9.58 Å². The molecule has 1 saturated heterocycles. The lowest BCUT2D eigenvalue weighted by atomic mass is 9.90. The van der Waals surface area contributed by atoms with Gasteiger partial charge in [0.25, 0.3) is 35.7 Å². The number of aromatic nitrogens is 18. The van der Waals surface area contributed by atoms with E-state index in [2.05, 4.69) is 103 Å². The molecule has 7 rings (SSSR count). The van der Waals surface area contributed by atoms with Crippen LogP contribution in [0.25, 0.3) is 17.8 Å². The molecule has 0 atom stereocenters. The van der Waals surface area contributed by atoms with Crippen molar-refractivity contribution in [3.8, 4) is 17.8 Å². The van der Waals surface area contributed by atoms with Crippen molar-refractivity contribution in [2.75, 3.05) is 29.0 Å². The van der Waals surface area contributed by atoms with Gasteiger partial charge in [0.05, 0.1) is 17.1 Å². The molecule has 0 amide bonds. The van der Waals surface area contributed by atoms with Crippen molar-refractivity contribution >= 4 is 17.8 Å². The van der Waals surface area contributed by atoms with E-state index in [1.54, 1.807) is 9.36 Å². The lowest BCUT2D eigenvalue weighted by molar-refractivity contribution is -0.799. The zero-order valence-corrected chi connectivity index (χ0v) is 33.4. The average Bonchev–Trinajstić information content (AvgIpc) is 3.83. The molecule has 0 aliphatic carbocycles. The summed E-state index contributed by atoms with van der Waals surface area (Å²) >= 11 is 0. The standard InChI is InChI=1S/C14H23N7.C10H11N9O4.C7H9N7.CH4/c1-6-14(7-2,8-3)15-12-16-18-13(19-17-12)21-11(5)9-10(4)20-21;1-6-3-7(2)17(15-6)9-13-11-8(12-14-9)16-4-10(5-16,18(20)21)19(22)23;1-4-3-5(2)14(13-4)7-11-9-6(8)10-12-7;/h9H,6-8H2,1-5H3,(H,15,16,17);3H,4-5H2,1-2H3;3H,1-2H3,(H2,8,9,10);1H4. The van der Waals surface area contributed by atoms with Crippen LogP contribution < -0.4 is 16.0 Å². The largest absolute Gasteiger partial charge is 0.492 e. The molecule has 0 aromatic carbocycles. The number of hydrogen-bond donors (Lipinski definition) is 2. The Morgan fingerprint density at radius 1 is 0.610 bits per heavy atom. The maximum atomic E-state index is 10.9. The van der Waals surface area contributed by atoms with E-state index in [0.717, 1.165) is 53.4 Å². The number of nitrogens with two attached hydrogens (primary N) is 1. The molecule has 27 heteroatoms. The Labute approximate surface area is 337 Å². The molecule has 7 heterocycles. The number of nitrogens with zero attached hydrogens (tertiary/aromatic N) is 21. The highest BCUT2D eigenvalue weighted by atomic mass is 16.7. The second-order valence-electron chi connectivity index (χ2n) is 13.4. The molecule has 0 bridgehead atoms. The van der Waals surface area contributed by atoms with Gasteiger partial charge in [-0.3, -0.25) is 20.2 Å². The van der Waals surface area contributed by atoms with Crippen LogP contribution in [0.1, 0.15) is 81.6 Å². The Kier molecular flexibility index (Phi) is 13.7. The monoisotopic (exact) mass is 817 g/mol. The minimum atomic E-state index is -2.22. The van der Waals surface area contributed by atoms with Crippen molar-refractivity contribution in [2.24, 2.45) is 0 Å². The summed E-state index contributed by atoms with van der Waals surface area (Å²) in [4.78, 5) is 21.2. The lowest BCUT2D eigenvalue weighted by Gasteiger charge is -2.35. The summed E-state index contributed by atoms with van der Waals surface area (Å²) in [6.45, 7) is 16.9. The summed E-state index contributed by atoms with van der Waals surface area (Å²) in [5.74, 6) is 1.37. The van der Waals surface area contributed by atoms with Gasteiger partial charge in [-0.25, -0.2) is 14.0 Å². The normalized spacial score (nSPS) is 12.9. The molecular weight excluding hydrogens is 771 g/mol. The van der Waals surface area contributed by atoms with Crippen LogP contribution in [0.3, 0.4) is 0 Å². The predicted molar refractivity (Wildman–Crippen MR) is 210 cm³/mol. The fraction of sp³-hybridized carbons (Fsp3) is 0.531. The number of anilines is 3. The molecule has 59 heavy (non-hydrogen) atoms. The predicted octanol–water partition coefficient (Wildman–Crippen LogP) is 1.88. The van der Waals surface area contributed by atoms with E-state index in [4.69, 9.17) is 5.73 Å². The minimum Gasteiger partial charge on any atom is -0.365 e. The van der Waals surface area contributed by atoms with Crippen LogP contribution in [0.4, 0.5) is 17.8 Å². The van der Waals surface area contributed by atoms with Crippen molar-refractivity contribution in [1.29, 1.82) is 0 Å². The third-order valence-electron chi connectivity index (χ3n) is 9.27. The second-order valence-corrected chi connectivity index (χ2v) is 13.4. The topological polar surface area (TPSA) is 336 Å². The Morgan fingerprint density at radius 2 is 0.932 bits per heavy atom. The number of rotatable bonds is 11. The van der Waals surface area contributed by atoms with Crippen molar-refractivity contribution < 1.29 is 9.85 Å². The van der Waals surface area contributed by atoms with Crippen molar-refractivity contribution in [2.45, 2.75) is 100 Å². The summed E-state index contributed by atoms with van der Waals surface area (Å²) in [6.07, 6.45) is 3.01. The van der Waals surface area contributed by atoms with Gasteiger partial charge >= 0.3 is 5.66 Å². The third kappa shape index (κ3) is 9.79. The number of nitrogen functional groups attached to an aromatic ring is 1. The van der Waals surface area contributed by atoms with Crippen LogP contribution in [-0.2, 0) is 0 Å². The van der Waals surface area contributed by atoms with Gasteiger partial charge in [-0.15, -0.1) is 61.2 Å². The SMILES string of the molecule is C.CCC(CC)(CC)Nc1nnc(-n2nc(C)cc2C)nn1.Cc1cc(C)n(-c2nnc(N)nn2)n1.Cc1cc(C)n(-c2nnc(N3CC([N+](=O)[O-])([N+](=O)[O-])C3)nn2)n1. The molecule has 0 radical (unpaired) electrons. The van der Waals surface area contributed by atoms with E-state index in [-0.39, 0.29) is 30.8 Å². The van der Waals surface area contributed by atoms with Gasteiger partial charge < -0.3 is 16.0 Å². The van der Waals surface area contributed by atoms with Gasteiger partial charge in [0, 0.05) is 22.6 Å². The Bertz CT molecular complexity index is 2310. The van der Waals surface area contributed by atoms with E-state index in [9.17, 15) is 20.2 Å². The van der Waals surface area contributed by atoms with Crippen LogP contribution in [0.5, 0.6) is 0 Å². The zero-order valence-electron chi connectivity index (χ0n) is 33.4. The lowest BCUT2D eigenvalue weighted by Crippen LogP contribution is -2.70. The van der Waals surface area contributed by atoms with E-state index < -0.39 is 28.6 Å². The molecule has 3 N–H and O–H groups in total. The van der Waals surface area contributed by atoms with Crippen LogP contribution in [0.15, 0.2) is 18.2 Å².